The van der Waals surface area contributed by atoms with Crippen molar-refractivity contribution in [3.8, 4) is 22.3 Å². The van der Waals surface area contributed by atoms with Gasteiger partial charge in [-0.25, -0.2) is 0 Å². The molecule has 0 aromatic heterocycles. The van der Waals surface area contributed by atoms with E-state index in [1.54, 1.807) is 0 Å². The third-order valence-corrected chi connectivity index (χ3v) is 5.10. The van der Waals surface area contributed by atoms with Crippen LogP contribution in [0.5, 0.6) is 0 Å². The Morgan fingerprint density at radius 1 is 0.636 bits per heavy atom. The summed E-state index contributed by atoms with van der Waals surface area (Å²) in [5.74, 6) is 0. The van der Waals surface area contributed by atoms with Gasteiger partial charge in [0.15, 0.2) is 0 Å². The van der Waals surface area contributed by atoms with Crippen molar-refractivity contribution in [2.45, 2.75) is 19.3 Å². The topological polar surface area (TPSA) is 0 Å². The minimum absolute atomic E-state index is 0.0309. The molecule has 0 unspecified atom stereocenters. The molecule has 0 radical (unpaired) electrons. The zero-order chi connectivity index (χ0) is 15.3. The van der Waals surface area contributed by atoms with E-state index in [2.05, 4.69) is 62.4 Å². The maximum atomic E-state index is 6.46. The zero-order valence-electron chi connectivity index (χ0n) is 12.7. The molecule has 0 amide bonds. The average molecular weight is 305 g/mol. The first-order valence-electron chi connectivity index (χ1n) is 7.59. The minimum Gasteiger partial charge on any atom is -0.0837 e. The van der Waals surface area contributed by atoms with Crippen LogP contribution in [-0.2, 0) is 5.41 Å². The van der Waals surface area contributed by atoms with Gasteiger partial charge in [0.25, 0.3) is 0 Å². The molecule has 0 heterocycles. The van der Waals surface area contributed by atoms with E-state index in [-0.39, 0.29) is 5.41 Å². The lowest BCUT2D eigenvalue weighted by atomic mass is 9.82. The molecular formula is C21H17Cl. The lowest BCUT2D eigenvalue weighted by Gasteiger charge is -2.21. The fourth-order valence-corrected chi connectivity index (χ4v) is 3.90. The Bertz CT molecular complexity index is 875. The molecular weight excluding hydrogens is 288 g/mol. The second-order valence-corrected chi connectivity index (χ2v) is 6.79. The molecule has 3 aromatic rings. The van der Waals surface area contributed by atoms with Crippen LogP contribution in [0.3, 0.4) is 0 Å². The van der Waals surface area contributed by atoms with E-state index in [1.165, 1.54) is 27.8 Å². The molecule has 1 heteroatoms. The summed E-state index contributed by atoms with van der Waals surface area (Å²) in [5, 5.41) is 0.804. The number of hydrogen-bond donors (Lipinski definition) is 0. The smallest absolute Gasteiger partial charge is 0.0484 e. The predicted molar refractivity (Wildman–Crippen MR) is 94.5 cm³/mol. The molecule has 22 heavy (non-hydrogen) atoms. The number of rotatable bonds is 1. The van der Waals surface area contributed by atoms with E-state index in [0.29, 0.717) is 0 Å². The summed E-state index contributed by atoms with van der Waals surface area (Å²) in [5.41, 5.74) is 7.79. The van der Waals surface area contributed by atoms with Crippen molar-refractivity contribution in [2.75, 3.05) is 0 Å². The Labute approximate surface area is 136 Å². The highest BCUT2D eigenvalue weighted by molar-refractivity contribution is 6.33. The monoisotopic (exact) mass is 304 g/mol. The van der Waals surface area contributed by atoms with Crippen molar-refractivity contribution in [3.63, 3.8) is 0 Å². The van der Waals surface area contributed by atoms with Crippen LogP contribution in [0.4, 0.5) is 0 Å². The summed E-state index contributed by atoms with van der Waals surface area (Å²) >= 11 is 6.46. The minimum atomic E-state index is 0.0309. The lowest BCUT2D eigenvalue weighted by Crippen LogP contribution is -2.14. The summed E-state index contributed by atoms with van der Waals surface area (Å²) in [6.07, 6.45) is 0. The Morgan fingerprint density at radius 2 is 1.23 bits per heavy atom. The van der Waals surface area contributed by atoms with Gasteiger partial charge in [0.05, 0.1) is 0 Å². The quantitative estimate of drug-likeness (QED) is 0.494. The third kappa shape index (κ3) is 1.77. The van der Waals surface area contributed by atoms with E-state index < -0.39 is 0 Å². The van der Waals surface area contributed by atoms with Gasteiger partial charge in [0.1, 0.15) is 0 Å². The van der Waals surface area contributed by atoms with Crippen LogP contribution in [0, 0.1) is 0 Å². The molecule has 0 aliphatic heterocycles. The van der Waals surface area contributed by atoms with Crippen LogP contribution in [-0.4, -0.2) is 0 Å². The van der Waals surface area contributed by atoms with Crippen molar-refractivity contribution in [1.82, 2.24) is 0 Å². The fraction of sp³-hybridized carbons (Fsp3) is 0.143. The van der Waals surface area contributed by atoms with Gasteiger partial charge in [-0.05, 0) is 33.9 Å². The van der Waals surface area contributed by atoms with Crippen LogP contribution < -0.4 is 0 Å². The van der Waals surface area contributed by atoms with Crippen molar-refractivity contribution in [3.05, 3.63) is 82.9 Å². The fourth-order valence-electron chi connectivity index (χ4n) is 3.66. The van der Waals surface area contributed by atoms with Gasteiger partial charge in [-0.15, -0.1) is 0 Å². The number of benzene rings is 3. The second-order valence-electron chi connectivity index (χ2n) is 6.38. The van der Waals surface area contributed by atoms with Crippen LogP contribution in [0.25, 0.3) is 22.3 Å². The van der Waals surface area contributed by atoms with Gasteiger partial charge in [0, 0.05) is 16.0 Å². The molecule has 0 fully saturated rings. The molecule has 0 spiro atoms. The van der Waals surface area contributed by atoms with E-state index in [1.807, 2.05) is 18.2 Å². The Balaban J connectivity index is 2.09. The molecule has 0 N–H and O–H groups in total. The molecule has 0 atom stereocenters. The first-order chi connectivity index (χ1) is 10.6. The van der Waals surface area contributed by atoms with Crippen LogP contribution in [0.15, 0.2) is 66.7 Å². The van der Waals surface area contributed by atoms with Crippen molar-refractivity contribution < 1.29 is 0 Å². The average Bonchev–Trinajstić information content (AvgIpc) is 2.77. The van der Waals surface area contributed by atoms with E-state index in [9.17, 15) is 0 Å². The lowest BCUT2D eigenvalue weighted by molar-refractivity contribution is 0.660. The first kappa shape index (κ1) is 13.6. The van der Waals surface area contributed by atoms with Gasteiger partial charge in [-0.3, -0.25) is 0 Å². The van der Waals surface area contributed by atoms with E-state index in [0.717, 1.165) is 10.6 Å². The standard InChI is InChI=1S/C21H17Cl/c1-21(2)17-11-5-3-9-16(17)20-15(10-7-12-18(20)21)14-8-4-6-13-19(14)22/h3-13H,1-2H3. The van der Waals surface area contributed by atoms with Gasteiger partial charge >= 0.3 is 0 Å². The number of halogens is 1. The van der Waals surface area contributed by atoms with Crippen molar-refractivity contribution in [2.24, 2.45) is 0 Å². The first-order valence-corrected chi connectivity index (χ1v) is 7.97. The molecule has 0 saturated carbocycles. The normalized spacial score (nSPS) is 14.5. The second kappa shape index (κ2) is 4.72. The molecule has 0 nitrogen and oxygen atoms in total. The Morgan fingerprint density at radius 3 is 2.00 bits per heavy atom. The van der Waals surface area contributed by atoms with Crippen LogP contribution in [0.2, 0.25) is 5.02 Å². The highest BCUT2D eigenvalue weighted by Crippen LogP contribution is 2.52. The van der Waals surface area contributed by atoms with Gasteiger partial charge in [-0.2, -0.15) is 0 Å². The summed E-state index contributed by atoms with van der Waals surface area (Å²) in [4.78, 5) is 0. The van der Waals surface area contributed by atoms with Crippen LogP contribution in [0.1, 0.15) is 25.0 Å². The SMILES string of the molecule is CC1(C)c2ccccc2-c2c(-c3ccccc3Cl)cccc21. The molecule has 0 bridgehead atoms. The van der Waals surface area contributed by atoms with E-state index >= 15 is 0 Å². The maximum absolute atomic E-state index is 6.46. The largest absolute Gasteiger partial charge is 0.0837 e. The summed E-state index contributed by atoms with van der Waals surface area (Å²) in [6, 6.07) is 23.4. The van der Waals surface area contributed by atoms with Gasteiger partial charge in [-0.1, -0.05) is 86.1 Å². The van der Waals surface area contributed by atoms with Gasteiger partial charge < -0.3 is 0 Å². The van der Waals surface area contributed by atoms with E-state index in [4.69, 9.17) is 11.6 Å². The summed E-state index contributed by atoms with van der Waals surface area (Å²) in [7, 11) is 0. The maximum Gasteiger partial charge on any atom is 0.0484 e. The Kier molecular flexibility index (Phi) is 2.92. The highest BCUT2D eigenvalue weighted by Gasteiger charge is 2.36. The predicted octanol–water partition coefficient (Wildman–Crippen LogP) is 6.31. The number of fused-ring (bicyclic) bond motifs is 3. The molecule has 108 valence electrons. The highest BCUT2D eigenvalue weighted by atomic mass is 35.5. The van der Waals surface area contributed by atoms with Crippen molar-refractivity contribution >= 4 is 11.6 Å². The summed E-state index contributed by atoms with van der Waals surface area (Å²) < 4.78 is 0. The molecule has 1 aliphatic carbocycles. The molecule has 1 aliphatic rings. The van der Waals surface area contributed by atoms with Crippen molar-refractivity contribution in [1.29, 1.82) is 0 Å². The molecule has 0 saturated heterocycles. The third-order valence-electron chi connectivity index (χ3n) is 4.77. The Hall–Kier alpha value is -2.05. The molecule has 3 aromatic carbocycles. The molecule has 4 rings (SSSR count). The number of hydrogen-bond acceptors (Lipinski definition) is 0. The zero-order valence-corrected chi connectivity index (χ0v) is 13.5. The van der Waals surface area contributed by atoms with Gasteiger partial charge in [0.2, 0.25) is 0 Å². The van der Waals surface area contributed by atoms with Crippen LogP contribution >= 0.6 is 11.6 Å². The summed E-state index contributed by atoms with van der Waals surface area (Å²) in [6.45, 7) is 4.60.